The molecule has 8 heteroatoms. The van der Waals surface area contributed by atoms with Crippen molar-refractivity contribution in [3.05, 3.63) is 53.3 Å². The number of nitrogens with one attached hydrogen (secondary N) is 1. The molecular weight excluding hydrogens is 376 g/mol. The minimum Gasteiger partial charge on any atom is -0.469 e. The summed E-state index contributed by atoms with van der Waals surface area (Å²) in [5, 5.41) is 9.13. The van der Waals surface area contributed by atoms with Gasteiger partial charge in [0, 0.05) is 17.8 Å². The van der Waals surface area contributed by atoms with E-state index in [1.165, 1.54) is 18.7 Å². The van der Waals surface area contributed by atoms with Crippen molar-refractivity contribution in [2.45, 2.75) is 39.4 Å². The molecule has 0 spiro atoms. The number of carbonyl (C=O) groups is 2. The van der Waals surface area contributed by atoms with E-state index in [1.54, 1.807) is 26.2 Å². The molecule has 0 unspecified atom stereocenters. The standard InChI is InChI=1S/C20H22N4O3S/c1-6-8-24-19(15-7-9-27-14(15)5)22-23-20(24)28-10-16(26)18-11(2)17(13(4)25)12(3)21-18/h6-7,9,21H,1,8,10H2,2-5H3. The Hall–Kier alpha value is -2.87. The molecule has 0 aliphatic carbocycles. The van der Waals surface area contributed by atoms with Crippen molar-refractivity contribution in [3.63, 3.8) is 0 Å². The number of H-pyrrole nitrogens is 1. The maximum Gasteiger partial charge on any atom is 0.192 e. The van der Waals surface area contributed by atoms with Crippen LogP contribution >= 0.6 is 11.8 Å². The number of carbonyl (C=O) groups excluding carboxylic acids is 2. The van der Waals surface area contributed by atoms with Gasteiger partial charge in [-0.05, 0) is 39.3 Å². The zero-order chi connectivity index (χ0) is 20.4. The van der Waals surface area contributed by atoms with Crippen molar-refractivity contribution in [2.75, 3.05) is 5.75 Å². The van der Waals surface area contributed by atoms with E-state index in [0.29, 0.717) is 40.0 Å². The van der Waals surface area contributed by atoms with Crippen LogP contribution in [0.4, 0.5) is 0 Å². The monoisotopic (exact) mass is 398 g/mol. The fraction of sp³-hybridized carbons (Fsp3) is 0.300. The highest BCUT2D eigenvalue weighted by Gasteiger charge is 2.22. The van der Waals surface area contributed by atoms with E-state index in [9.17, 15) is 9.59 Å². The number of thioether (sulfide) groups is 1. The molecule has 3 rings (SSSR count). The molecule has 3 aromatic rings. The number of ketones is 2. The Kier molecular flexibility index (Phi) is 5.69. The van der Waals surface area contributed by atoms with E-state index >= 15 is 0 Å². The number of nitrogens with zero attached hydrogens (tertiary/aromatic N) is 3. The van der Waals surface area contributed by atoms with E-state index in [4.69, 9.17) is 4.42 Å². The second-order valence-electron chi connectivity index (χ2n) is 6.49. The summed E-state index contributed by atoms with van der Waals surface area (Å²) < 4.78 is 7.26. The second-order valence-corrected chi connectivity index (χ2v) is 7.43. The Morgan fingerprint density at radius 3 is 2.64 bits per heavy atom. The second kappa shape index (κ2) is 8.02. The molecule has 7 nitrogen and oxygen atoms in total. The highest BCUT2D eigenvalue weighted by Crippen LogP contribution is 2.28. The molecule has 0 aliphatic rings. The summed E-state index contributed by atoms with van der Waals surface area (Å²) in [6.45, 7) is 11.3. The van der Waals surface area contributed by atoms with Crippen LogP contribution in [0, 0.1) is 20.8 Å². The predicted octanol–water partition coefficient (Wildman–Crippen LogP) is 4.16. The summed E-state index contributed by atoms with van der Waals surface area (Å²) in [6.07, 6.45) is 3.36. The topological polar surface area (TPSA) is 93.8 Å². The molecule has 0 amide bonds. The summed E-state index contributed by atoms with van der Waals surface area (Å²) >= 11 is 1.30. The molecule has 0 saturated heterocycles. The summed E-state index contributed by atoms with van der Waals surface area (Å²) in [5.74, 6) is 1.46. The van der Waals surface area contributed by atoms with Crippen molar-refractivity contribution in [1.82, 2.24) is 19.7 Å². The Morgan fingerprint density at radius 2 is 2.07 bits per heavy atom. The van der Waals surface area contributed by atoms with Crippen molar-refractivity contribution in [1.29, 1.82) is 0 Å². The fourth-order valence-corrected chi connectivity index (χ4v) is 4.08. The first-order valence-electron chi connectivity index (χ1n) is 8.79. The van der Waals surface area contributed by atoms with Gasteiger partial charge in [0.2, 0.25) is 0 Å². The molecule has 1 N–H and O–H groups in total. The molecule has 0 bridgehead atoms. The smallest absolute Gasteiger partial charge is 0.192 e. The van der Waals surface area contributed by atoms with Crippen molar-refractivity contribution in [3.8, 4) is 11.4 Å². The minimum absolute atomic E-state index is 0.0520. The number of Topliss-reactive ketones (excluding diaryl/α,β-unsaturated/α-hetero) is 2. The van der Waals surface area contributed by atoms with E-state index in [-0.39, 0.29) is 17.3 Å². The molecule has 28 heavy (non-hydrogen) atoms. The molecule has 146 valence electrons. The lowest BCUT2D eigenvalue weighted by Gasteiger charge is -2.07. The first kappa shape index (κ1) is 19.9. The largest absolute Gasteiger partial charge is 0.469 e. The highest BCUT2D eigenvalue weighted by atomic mass is 32.2. The van der Waals surface area contributed by atoms with E-state index in [2.05, 4.69) is 21.8 Å². The summed E-state index contributed by atoms with van der Waals surface area (Å²) in [5.41, 5.74) is 3.31. The van der Waals surface area contributed by atoms with Gasteiger partial charge in [0.1, 0.15) is 5.76 Å². The molecule has 0 fully saturated rings. The number of aromatic amines is 1. The first-order valence-corrected chi connectivity index (χ1v) is 9.78. The molecule has 0 saturated carbocycles. The first-order chi connectivity index (χ1) is 13.3. The number of aromatic nitrogens is 4. The van der Waals surface area contributed by atoms with E-state index in [0.717, 1.165) is 11.3 Å². The van der Waals surface area contributed by atoms with Crippen LogP contribution in [-0.4, -0.2) is 37.1 Å². The van der Waals surface area contributed by atoms with Crippen molar-refractivity contribution in [2.24, 2.45) is 0 Å². The number of hydrogen-bond acceptors (Lipinski definition) is 6. The molecule has 3 heterocycles. The van der Waals surface area contributed by atoms with Crippen LogP contribution in [-0.2, 0) is 6.54 Å². The van der Waals surface area contributed by atoms with Crippen molar-refractivity contribution >= 4 is 23.3 Å². The van der Waals surface area contributed by atoms with Gasteiger partial charge < -0.3 is 9.40 Å². The van der Waals surface area contributed by atoms with Crippen LogP contribution in [0.2, 0.25) is 0 Å². The van der Waals surface area contributed by atoms with Gasteiger partial charge in [-0.3, -0.25) is 14.2 Å². The third kappa shape index (κ3) is 3.60. The van der Waals surface area contributed by atoms with Gasteiger partial charge in [0.25, 0.3) is 0 Å². The summed E-state index contributed by atoms with van der Waals surface area (Å²) in [7, 11) is 0. The quantitative estimate of drug-likeness (QED) is 0.348. The lowest BCUT2D eigenvalue weighted by Crippen LogP contribution is -2.07. The Balaban J connectivity index is 1.83. The lowest BCUT2D eigenvalue weighted by molar-refractivity contribution is 0.101. The number of rotatable bonds is 8. The minimum atomic E-state index is -0.0905. The maximum atomic E-state index is 12.7. The van der Waals surface area contributed by atoms with Gasteiger partial charge in [-0.25, -0.2) is 0 Å². The SMILES string of the molecule is C=CCn1c(SCC(=O)c2[nH]c(C)c(C(C)=O)c2C)nnc1-c1ccoc1C. The molecule has 3 aromatic heterocycles. The number of hydrogen-bond donors (Lipinski definition) is 1. The average molecular weight is 398 g/mol. The van der Waals surface area contributed by atoms with Crippen LogP contribution in [0.3, 0.4) is 0 Å². The highest BCUT2D eigenvalue weighted by molar-refractivity contribution is 7.99. The van der Waals surface area contributed by atoms with Gasteiger partial charge >= 0.3 is 0 Å². The Morgan fingerprint density at radius 1 is 1.32 bits per heavy atom. The number of furan rings is 1. The zero-order valence-corrected chi connectivity index (χ0v) is 17.1. The number of allylic oxidation sites excluding steroid dienone is 1. The lowest BCUT2D eigenvalue weighted by atomic mass is 10.1. The summed E-state index contributed by atoms with van der Waals surface area (Å²) in [4.78, 5) is 27.6. The van der Waals surface area contributed by atoms with Gasteiger partial charge in [-0.1, -0.05) is 17.8 Å². The van der Waals surface area contributed by atoms with Gasteiger partial charge in [0.05, 0.1) is 23.3 Å². The predicted molar refractivity (Wildman–Crippen MR) is 108 cm³/mol. The van der Waals surface area contributed by atoms with Crippen LogP contribution < -0.4 is 0 Å². The van der Waals surface area contributed by atoms with Crippen molar-refractivity contribution < 1.29 is 14.0 Å². The Labute approximate surface area is 167 Å². The third-order valence-corrected chi connectivity index (χ3v) is 5.50. The summed E-state index contributed by atoms with van der Waals surface area (Å²) in [6, 6.07) is 1.84. The molecule has 0 aromatic carbocycles. The van der Waals surface area contributed by atoms with E-state index < -0.39 is 0 Å². The Bertz CT molecular complexity index is 1060. The van der Waals surface area contributed by atoms with E-state index in [1.807, 2.05) is 17.6 Å². The third-order valence-electron chi connectivity index (χ3n) is 4.53. The molecule has 0 radical (unpaired) electrons. The molecule has 0 aliphatic heterocycles. The molecule has 0 atom stereocenters. The fourth-order valence-electron chi connectivity index (χ4n) is 3.26. The van der Waals surface area contributed by atoms with Gasteiger partial charge in [-0.2, -0.15) is 0 Å². The number of aryl methyl sites for hydroxylation is 2. The van der Waals surface area contributed by atoms with Crippen LogP contribution in [0.1, 0.15) is 44.8 Å². The zero-order valence-electron chi connectivity index (χ0n) is 16.3. The maximum absolute atomic E-state index is 12.7. The van der Waals surface area contributed by atoms with Crippen LogP contribution in [0.25, 0.3) is 11.4 Å². The van der Waals surface area contributed by atoms with Crippen LogP contribution in [0.15, 0.2) is 34.6 Å². The van der Waals surface area contributed by atoms with Gasteiger partial charge in [-0.15, -0.1) is 16.8 Å². The molecular formula is C20H22N4O3S. The van der Waals surface area contributed by atoms with Crippen LogP contribution in [0.5, 0.6) is 0 Å². The average Bonchev–Trinajstić information content (AvgIpc) is 3.31. The normalized spacial score (nSPS) is 11.0. The van der Waals surface area contributed by atoms with Gasteiger partial charge in [0.15, 0.2) is 22.5 Å².